The van der Waals surface area contributed by atoms with E-state index in [2.05, 4.69) is 21.2 Å². The van der Waals surface area contributed by atoms with Crippen molar-refractivity contribution >= 4 is 21.8 Å². The fourth-order valence-corrected chi connectivity index (χ4v) is 3.52. The number of benzene rings is 1. The highest BCUT2D eigenvalue weighted by Crippen LogP contribution is 2.30. The summed E-state index contributed by atoms with van der Waals surface area (Å²) in [5, 5.41) is 4.13. The molecule has 0 heterocycles. The smallest absolute Gasteiger partial charge is 0.251 e. The van der Waals surface area contributed by atoms with Gasteiger partial charge in [-0.1, -0.05) is 47.0 Å². The Balaban J connectivity index is 1.85. The number of alkyl halides is 1. The SMILES string of the molecule is O=C(NCC1CCCCC1CBr)c1ccccc1. The van der Waals surface area contributed by atoms with Crippen molar-refractivity contribution in [3.8, 4) is 0 Å². The normalized spacial score (nSPS) is 23.6. The Kier molecular flexibility index (Phi) is 5.24. The standard InChI is InChI=1S/C15H20BrNO/c16-10-13-8-4-5-9-14(13)11-17-15(18)12-6-2-1-3-7-12/h1-3,6-7,13-14H,4-5,8-11H2,(H,17,18). The Morgan fingerprint density at radius 1 is 1.17 bits per heavy atom. The first kappa shape index (κ1) is 13.6. The maximum Gasteiger partial charge on any atom is 0.251 e. The van der Waals surface area contributed by atoms with Crippen LogP contribution in [0.4, 0.5) is 0 Å². The van der Waals surface area contributed by atoms with Crippen LogP contribution in [-0.2, 0) is 0 Å². The third kappa shape index (κ3) is 3.58. The molecule has 0 saturated heterocycles. The molecule has 0 aliphatic heterocycles. The number of carbonyl (C=O) groups excluding carboxylic acids is 1. The van der Waals surface area contributed by atoms with Crippen LogP contribution >= 0.6 is 15.9 Å². The highest BCUT2D eigenvalue weighted by molar-refractivity contribution is 9.09. The topological polar surface area (TPSA) is 29.1 Å². The summed E-state index contributed by atoms with van der Waals surface area (Å²) in [5.41, 5.74) is 0.753. The summed E-state index contributed by atoms with van der Waals surface area (Å²) in [6.07, 6.45) is 5.16. The quantitative estimate of drug-likeness (QED) is 0.846. The summed E-state index contributed by atoms with van der Waals surface area (Å²) >= 11 is 3.59. The van der Waals surface area contributed by atoms with Crippen molar-refractivity contribution in [2.75, 3.05) is 11.9 Å². The molecule has 0 spiro atoms. The lowest BCUT2D eigenvalue weighted by molar-refractivity contribution is 0.0937. The largest absolute Gasteiger partial charge is 0.352 e. The van der Waals surface area contributed by atoms with Gasteiger partial charge in [0.1, 0.15) is 0 Å². The van der Waals surface area contributed by atoms with Gasteiger partial charge >= 0.3 is 0 Å². The zero-order chi connectivity index (χ0) is 12.8. The van der Waals surface area contributed by atoms with E-state index in [1.807, 2.05) is 30.3 Å². The molecule has 3 heteroatoms. The van der Waals surface area contributed by atoms with E-state index in [1.54, 1.807) is 0 Å². The average Bonchev–Trinajstić information content (AvgIpc) is 2.46. The minimum absolute atomic E-state index is 0.0505. The van der Waals surface area contributed by atoms with Crippen LogP contribution in [0.3, 0.4) is 0 Å². The Morgan fingerprint density at radius 2 is 1.83 bits per heavy atom. The number of rotatable bonds is 4. The molecule has 98 valence electrons. The predicted molar refractivity (Wildman–Crippen MR) is 78.0 cm³/mol. The molecule has 1 saturated carbocycles. The number of nitrogens with one attached hydrogen (secondary N) is 1. The fourth-order valence-electron chi connectivity index (χ4n) is 2.67. The third-order valence-electron chi connectivity index (χ3n) is 3.83. The Hall–Kier alpha value is -0.830. The Morgan fingerprint density at radius 3 is 2.50 bits per heavy atom. The van der Waals surface area contributed by atoms with E-state index < -0.39 is 0 Å². The first-order valence-electron chi connectivity index (χ1n) is 6.70. The van der Waals surface area contributed by atoms with Gasteiger partial charge in [-0.25, -0.2) is 0 Å². The van der Waals surface area contributed by atoms with Gasteiger partial charge in [0, 0.05) is 17.4 Å². The van der Waals surface area contributed by atoms with Crippen LogP contribution in [0, 0.1) is 11.8 Å². The number of hydrogen-bond acceptors (Lipinski definition) is 1. The van der Waals surface area contributed by atoms with Crippen molar-refractivity contribution < 1.29 is 4.79 Å². The number of halogens is 1. The highest BCUT2D eigenvalue weighted by Gasteiger charge is 2.24. The number of hydrogen-bond donors (Lipinski definition) is 1. The van der Waals surface area contributed by atoms with Crippen LogP contribution in [-0.4, -0.2) is 17.8 Å². The molecule has 2 nitrogen and oxygen atoms in total. The summed E-state index contributed by atoms with van der Waals surface area (Å²) in [6.45, 7) is 0.810. The lowest BCUT2D eigenvalue weighted by atomic mass is 9.80. The molecule has 2 unspecified atom stereocenters. The molecule has 2 atom stereocenters. The Bertz CT molecular complexity index is 379. The molecule has 1 aromatic carbocycles. The van der Waals surface area contributed by atoms with Crippen molar-refractivity contribution in [1.29, 1.82) is 0 Å². The zero-order valence-electron chi connectivity index (χ0n) is 10.6. The molecule has 1 aliphatic carbocycles. The molecular formula is C15H20BrNO. The van der Waals surface area contributed by atoms with Crippen LogP contribution in [0.5, 0.6) is 0 Å². The number of carbonyl (C=O) groups is 1. The molecule has 1 N–H and O–H groups in total. The van der Waals surface area contributed by atoms with E-state index in [4.69, 9.17) is 0 Å². The first-order valence-corrected chi connectivity index (χ1v) is 7.82. The van der Waals surface area contributed by atoms with Gasteiger partial charge in [-0.3, -0.25) is 4.79 Å². The van der Waals surface area contributed by atoms with Crippen LogP contribution < -0.4 is 5.32 Å². The highest BCUT2D eigenvalue weighted by atomic mass is 79.9. The van der Waals surface area contributed by atoms with Crippen molar-refractivity contribution in [3.05, 3.63) is 35.9 Å². The van der Waals surface area contributed by atoms with E-state index in [0.29, 0.717) is 5.92 Å². The van der Waals surface area contributed by atoms with Crippen molar-refractivity contribution in [2.24, 2.45) is 11.8 Å². The Labute approximate surface area is 117 Å². The molecule has 1 aliphatic rings. The molecule has 0 aromatic heterocycles. The molecule has 1 amide bonds. The van der Waals surface area contributed by atoms with E-state index in [-0.39, 0.29) is 5.91 Å². The summed E-state index contributed by atoms with van der Waals surface area (Å²) in [7, 11) is 0. The summed E-state index contributed by atoms with van der Waals surface area (Å²) in [5.74, 6) is 1.40. The minimum atomic E-state index is 0.0505. The van der Waals surface area contributed by atoms with Gasteiger partial charge in [-0.2, -0.15) is 0 Å². The maximum absolute atomic E-state index is 12.0. The molecule has 2 rings (SSSR count). The van der Waals surface area contributed by atoms with E-state index in [0.717, 1.165) is 23.4 Å². The van der Waals surface area contributed by atoms with E-state index in [9.17, 15) is 4.79 Å². The van der Waals surface area contributed by atoms with Crippen molar-refractivity contribution in [3.63, 3.8) is 0 Å². The minimum Gasteiger partial charge on any atom is -0.352 e. The van der Waals surface area contributed by atoms with Crippen LogP contribution in [0.1, 0.15) is 36.0 Å². The molecule has 0 bridgehead atoms. The second-order valence-corrected chi connectivity index (χ2v) is 5.68. The van der Waals surface area contributed by atoms with Gasteiger partial charge in [0.15, 0.2) is 0 Å². The van der Waals surface area contributed by atoms with Crippen molar-refractivity contribution in [1.82, 2.24) is 5.32 Å². The molecule has 0 radical (unpaired) electrons. The van der Waals surface area contributed by atoms with Crippen LogP contribution in [0.15, 0.2) is 30.3 Å². The zero-order valence-corrected chi connectivity index (χ0v) is 12.2. The second-order valence-electron chi connectivity index (χ2n) is 5.03. The van der Waals surface area contributed by atoms with E-state index in [1.165, 1.54) is 25.7 Å². The van der Waals surface area contributed by atoms with Gasteiger partial charge in [-0.05, 0) is 36.8 Å². The van der Waals surface area contributed by atoms with Gasteiger partial charge in [0.05, 0.1) is 0 Å². The summed E-state index contributed by atoms with van der Waals surface area (Å²) in [4.78, 5) is 12.0. The summed E-state index contributed by atoms with van der Waals surface area (Å²) in [6, 6.07) is 9.45. The van der Waals surface area contributed by atoms with Crippen LogP contribution in [0.2, 0.25) is 0 Å². The van der Waals surface area contributed by atoms with Gasteiger partial charge in [-0.15, -0.1) is 0 Å². The maximum atomic E-state index is 12.0. The second kappa shape index (κ2) is 6.93. The monoisotopic (exact) mass is 309 g/mol. The van der Waals surface area contributed by atoms with E-state index >= 15 is 0 Å². The van der Waals surface area contributed by atoms with Gasteiger partial charge in [0.2, 0.25) is 0 Å². The molecule has 18 heavy (non-hydrogen) atoms. The summed E-state index contributed by atoms with van der Waals surface area (Å²) < 4.78 is 0. The number of amides is 1. The van der Waals surface area contributed by atoms with Gasteiger partial charge < -0.3 is 5.32 Å². The lowest BCUT2D eigenvalue weighted by Crippen LogP contribution is -2.34. The molecule has 1 fully saturated rings. The van der Waals surface area contributed by atoms with Crippen LogP contribution in [0.25, 0.3) is 0 Å². The van der Waals surface area contributed by atoms with Crippen molar-refractivity contribution in [2.45, 2.75) is 25.7 Å². The van der Waals surface area contributed by atoms with Gasteiger partial charge in [0.25, 0.3) is 5.91 Å². The first-order chi connectivity index (χ1) is 8.81. The average molecular weight is 310 g/mol. The molecular weight excluding hydrogens is 290 g/mol. The lowest BCUT2D eigenvalue weighted by Gasteiger charge is -2.30. The third-order valence-corrected chi connectivity index (χ3v) is 4.66. The fraction of sp³-hybridized carbons (Fsp3) is 0.533. The molecule has 1 aromatic rings. The predicted octanol–water partition coefficient (Wildman–Crippen LogP) is 3.62.